The third kappa shape index (κ3) is 5.84. The number of carbonyl (C=O) groups is 2. The lowest BCUT2D eigenvalue weighted by Gasteiger charge is -2.09. The molecular formula is C21H22N2O6S. The number of benzene rings is 1. The fraction of sp³-hybridized carbons (Fsp3) is 0.286. The third-order valence-electron chi connectivity index (χ3n) is 3.88. The summed E-state index contributed by atoms with van der Waals surface area (Å²) in [7, 11) is 0. The van der Waals surface area contributed by atoms with E-state index >= 15 is 0 Å². The Morgan fingerprint density at radius 2 is 1.87 bits per heavy atom. The van der Waals surface area contributed by atoms with Gasteiger partial charge in [0.2, 0.25) is 0 Å². The van der Waals surface area contributed by atoms with Gasteiger partial charge in [-0.05, 0) is 50.2 Å². The monoisotopic (exact) mass is 430 g/mol. The molecule has 1 aromatic carbocycles. The molecule has 3 rings (SSSR count). The highest BCUT2D eigenvalue weighted by Gasteiger charge is 2.19. The van der Waals surface area contributed by atoms with E-state index in [1.807, 2.05) is 19.1 Å². The van der Waals surface area contributed by atoms with E-state index in [0.29, 0.717) is 28.0 Å². The first kappa shape index (κ1) is 21.4. The zero-order valence-corrected chi connectivity index (χ0v) is 17.5. The molecule has 1 N–H and O–H groups in total. The summed E-state index contributed by atoms with van der Waals surface area (Å²) >= 11 is 1.32. The average molecular weight is 430 g/mol. The van der Waals surface area contributed by atoms with Gasteiger partial charge in [-0.2, -0.15) is 0 Å². The van der Waals surface area contributed by atoms with Gasteiger partial charge in [0.1, 0.15) is 18.1 Å². The predicted molar refractivity (Wildman–Crippen MR) is 111 cm³/mol. The van der Waals surface area contributed by atoms with Crippen molar-refractivity contribution in [3.63, 3.8) is 0 Å². The quantitative estimate of drug-likeness (QED) is 0.388. The number of furan rings is 1. The van der Waals surface area contributed by atoms with Gasteiger partial charge in [0.15, 0.2) is 23.1 Å². The maximum atomic E-state index is 12.2. The van der Waals surface area contributed by atoms with Gasteiger partial charge in [0.25, 0.3) is 5.91 Å². The molecule has 0 fully saturated rings. The first-order valence-corrected chi connectivity index (χ1v) is 10.2. The van der Waals surface area contributed by atoms with Gasteiger partial charge < -0.3 is 23.9 Å². The van der Waals surface area contributed by atoms with E-state index in [-0.39, 0.29) is 18.8 Å². The van der Waals surface area contributed by atoms with Gasteiger partial charge >= 0.3 is 5.97 Å². The number of hydrogen-bond donors (Lipinski definition) is 1. The molecule has 0 spiro atoms. The molecule has 8 nitrogen and oxygen atoms in total. The zero-order valence-electron chi connectivity index (χ0n) is 16.7. The van der Waals surface area contributed by atoms with Crippen LogP contribution >= 0.6 is 11.3 Å². The molecule has 1 amide bonds. The molecule has 0 saturated carbocycles. The highest BCUT2D eigenvalue weighted by Crippen LogP contribution is 2.28. The zero-order chi connectivity index (χ0) is 21.3. The van der Waals surface area contributed by atoms with E-state index in [1.54, 1.807) is 31.2 Å². The molecule has 0 atom stereocenters. The van der Waals surface area contributed by atoms with Gasteiger partial charge in [-0.15, -0.1) is 11.3 Å². The lowest BCUT2D eigenvalue weighted by molar-refractivity contribution is -0.124. The second-order valence-corrected chi connectivity index (χ2v) is 7.28. The normalized spacial score (nSPS) is 10.5. The summed E-state index contributed by atoms with van der Waals surface area (Å²) in [5.41, 5.74) is 0.179. The summed E-state index contributed by atoms with van der Waals surface area (Å²) in [6.45, 7) is 4.45. The Labute approximate surface area is 177 Å². The Balaban J connectivity index is 1.38. The SMILES string of the molecule is CCOc1ccc(OCCNC(=O)COC(=O)c2nc(-c3ccco3)sc2C)cc1. The van der Waals surface area contributed by atoms with Crippen molar-refractivity contribution in [3.8, 4) is 22.3 Å². The number of ether oxygens (including phenoxy) is 3. The molecule has 2 heterocycles. The second-order valence-electron chi connectivity index (χ2n) is 6.08. The number of aryl methyl sites for hydroxylation is 1. The molecule has 0 bridgehead atoms. The summed E-state index contributed by atoms with van der Waals surface area (Å²) in [6, 6.07) is 10.7. The van der Waals surface area contributed by atoms with Crippen molar-refractivity contribution < 1.29 is 28.2 Å². The van der Waals surface area contributed by atoms with E-state index in [2.05, 4.69) is 10.3 Å². The Bertz CT molecular complexity index is 966. The summed E-state index contributed by atoms with van der Waals surface area (Å²) in [6.07, 6.45) is 1.54. The standard InChI is InChI=1S/C21H22N2O6S/c1-3-26-15-6-8-16(9-7-15)27-12-10-22-18(24)13-29-21(25)19-14(2)30-20(23-19)17-5-4-11-28-17/h4-9,11H,3,10,12-13H2,1-2H3,(H,22,24). The van der Waals surface area contributed by atoms with Gasteiger partial charge in [0, 0.05) is 4.88 Å². The van der Waals surface area contributed by atoms with Crippen molar-refractivity contribution in [1.29, 1.82) is 0 Å². The van der Waals surface area contributed by atoms with Crippen LogP contribution in [0.25, 0.3) is 10.8 Å². The summed E-state index contributed by atoms with van der Waals surface area (Å²) in [5, 5.41) is 3.22. The maximum Gasteiger partial charge on any atom is 0.358 e. The lowest BCUT2D eigenvalue weighted by Crippen LogP contribution is -2.32. The van der Waals surface area contributed by atoms with Crippen LogP contribution < -0.4 is 14.8 Å². The van der Waals surface area contributed by atoms with Crippen LogP contribution in [-0.2, 0) is 9.53 Å². The molecule has 0 aliphatic carbocycles. The fourth-order valence-electron chi connectivity index (χ4n) is 2.50. The molecule has 9 heteroatoms. The number of nitrogens with one attached hydrogen (secondary N) is 1. The summed E-state index contributed by atoms with van der Waals surface area (Å²) in [5.74, 6) is 0.949. The molecule has 2 aromatic heterocycles. The van der Waals surface area contributed by atoms with Crippen LogP contribution in [-0.4, -0.2) is 43.2 Å². The fourth-order valence-corrected chi connectivity index (χ4v) is 3.37. The molecule has 30 heavy (non-hydrogen) atoms. The Kier molecular flexibility index (Phi) is 7.45. The lowest BCUT2D eigenvalue weighted by atomic mass is 10.3. The minimum atomic E-state index is -0.651. The molecule has 0 unspecified atom stereocenters. The number of carbonyl (C=O) groups excluding carboxylic acids is 2. The van der Waals surface area contributed by atoms with Gasteiger partial charge in [-0.25, -0.2) is 9.78 Å². The third-order valence-corrected chi connectivity index (χ3v) is 4.87. The average Bonchev–Trinajstić information content (AvgIpc) is 3.40. The summed E-state index contributed by atoms with van der Waals surface area (Å²) < 4.78 is 21.2. The molecule has 0 saturated heterocycles. The number of aromatic nitrogens is 1. The van der Waals surface area contributed by atoms with E-state index in [9.17, 15) is 9.59 Å². The predicted octanol–water partition coefficient (Wildman–Crippen LogP) is 3.46. The topological polar surface area (TPSA) is 99.9 Å². The molecular weight excluding hydrogens is 408 g/mol. The first-order valence-electron chi connectivity index (χ1n) is 9.37. The van der Waals surface area contributed by atoms with Crippen LogP contribution in [0, 0.1) is 6.92 Å². The van der Waals surface area contributed by atoms with Gasteiger partial charge in [-0.3, -0.25) is 4.79 Å². The smallest absolute Gasteiger partial charge is 0.358 e. The number of rotatable bonds is 10. The molecule has 0 radical (unpaired) electrons. The van der Waals surface area contributed by atoms with Crippen molar-refractivity contribution in [3.05, 3.63) is 53.2 Å². The highest BCUT2D eigenvalue weighted by molar-refractivity contribution is 7.15. The molecule has 0 aliphatic rings. The van der Waals surface area contributed by atoms with Gasteiger partial charge in [-0.1, -0.05) is 0 Å². The first-order chi connectivity index (χ1) is 14.6. The minimum absolute atomic E-state index is 0.179. The van der Waals surface area contributed by atoms with Crippen LogP contribution in [0.5, 0.6) is 11.5 Å². The number of thiazole rings is 1. The molecule has 3 aromatic rings. The number of esters is 1. The highest BCUT2D eigenvalue weighted by atomic mass is 32.1. The van der Waals surface area contributed by atoms with Crippen LogP contribution in [0.4, 0.5) is 0 Å². The van der Waals surface area contributed by atoms with Crippen molar-refractivity contribution in [2.45, 2.75) is 13.8 Å². The maximum absolute atomic E-state index is 12.2. The second kappa shape index (κ2) is 10.4. The minimum Gasteiger partial charge on any atom is -0.494 e. The molecule has 158 valence electrons. The largest absolute Gasteiger partial charge is 0.494 e. The Morgan fingerprint density at radius 3 is 2.53 bits per heavy atom. The van der Waals surface area contributed by atoms with Gasteiger partial charge in [0.05, 0.1) is 19.4 Å². The van der Waals surface area contributed by atoms with E-state index in [0.717, 1.165) is 5.75 Å². The molecule has 0 aliphatic heterocycles. The van der Waals surface area contributed by atoms with Crippen molar-refractivity contribution >= 4 is 23.2 Å². The van der Waals surface area contributed by atoms with E-state index < -0.39 is 18.5 Å². The van der Waals surface area contributed by atoms with Crippen LogP contribution in [0.15, 0.2) is 47.1 Å². The van der Waals surface area contributed by atoms with Crippen molar-refractivity contribution in [2.24, 2.45) is 0 Å². The van der Waals surface area contributed by atoms with E-state index in [1.165, 1.54) is 17.6 Å². The van der Waals surface area contributed by atoms with Crippen LogP contribution in [0.2, 0.25) is 0 Å². The van der Waals surface area contributed by atoms with Crippen LogP contribution in [0.1, 0.15) is 22.3 Å². The Morgan fingerprint density at radius 1 is 1.13 bits per heavy atom. The number of hydrogen-bond acceptors (Lipinski definition) is 8. The number of amides is 1. The number of nitrogens with zero attached hydrogens (tertiary/aromatic N) is 1. The Hall–Kier alpha value is -3.33. The van der Waals surface area contributed by atoms with E-state index in [4.69, 9.17) is 18.6 Å². The van der Waals surface area contributed by atoms with Crippen molar-refractivity contribution in [1.82, 2.24) is 10.3 Å². The van der Waals surface area contributed by atoms with Crippen molar-refractivity contribution in [2.75, 3.05) is 26.4 Å². The van der Waals surface area contributed by atoms with Crippen LogP contribution in [0.3, 0.4) is 0 Å². The summed E-state index contributed by atoms with van der Waals surface area (Å²) in [4.78, 5) is 29.0.